The van der Waals surface area contributed by atoms with Gasteiger partial charge >= 0.3 is 6.03 Å². The summed E-state index contributed by atoms with van der Waals surface area (Å²) in [6.07, 6.45) is 0. The number of anilines is 1. The molecule has 2 aromatic carbocycles. The summed E-state index contributed by atoms with van der Waals surface area (Å²) in [6, 6.07) is 12.2. The second kappa shape index (κ2) is 7.58. The number of carbonyl (C=O) groups is 3. The minimum absolute atomic E-state index is 0.125. The van der Waals surface area contributed by atoms with E-state index in [1.165, 1.54) is 0 Å². The first-order chi connectivity index (χ1) is 14.0. The summed E-state index contributed by atoms with van der Waals surface area (Å²) in [5.74, 6) is -0.352. The molecule has 0 aromatic heterocycles. The molecule has 2 aliphatic rings. The topological polar surface area (TPSA) is 81.8 Å². The van der Waals surface area contributed by atoms with Gasteiger partial charge in [0.25, 0.3) is 5.91 Å². The molecule has 0 saturated carbocycles. The molecule has 7 heteroatoms. The minimum Gasteiger partial charge on any atom is -0.352 e. The van der Waals surface area contributed by atoms with E-state index in [1.807, 2.05) is 38.1 Å². The van der Waals surface area contributed by atoms with Crippen molar-refractivity contribution in [2.75, 3.05) is 31.1 Å². The van der Waals surface area contributed by atoms with Gasteiger partial charge in [-0.15, -0.1) is 0 Å². The van der Waals surface area contributed by atoms with Gasteiger partial charge in [0.2, 0.25) is 5.91 Å². The Kier molecular flexibility index (Phi) is 4.96. The van der Waals surface area contributed by atoms with Gasteiger partial charge in [0.05, 0.1) is 0 Å². The number of hydrogen-bond acceptors (Lipinski definition) is 3. The average Bonchev–Trinajstić information content (AvgIpc) is 3.13. The first kappa shape index (κ1) is 19.0. The predicted molar refractivity (Wildman–Crippen MR) is 110 cm³/mol. The van der Waals surface area contributed by atoms with Gasteiger partial charge in [-0.2, -0.15) is 0 Å². The maximum absolute atomic E-state index is 13.3. The largest absolute Gasteiger partial charge is 0.352 e. The normalized spacial score (nSPS) is 19.2. The van der Waals surface area contributed by atoms with Crippen LogP contribution in [0.15, 0.2) is 42.5 Å². The fourth-order valence-electron chi connectivity index (χ4n) is 4.05. The number of piperazine rings is 1. The van der Waals surface area contributed by atoms with Crippen molar-refractivity contribution in [3.05, 3.63) is 64.7 Å². The fourth-order valence-corrected chi connectivity index (χ4v) is 4.05. The summed E-state index contributed by atoms with van der Waals surface area (Å²) in [5, 5.41) is 5.66. The zero-order valence-corrected chi connectivity index (χ0v) is 16.6. The molecule has 4 amide bonds. The number of nitrogens with one attached hydrogen (secondary N) is 2. The minimum atomic E-state index is -0.651. The zero-order valence-electron chi connectivity index (χ0n) is 16.6. The van der Waals surface area contributed by atoms with Crippen molar-refractivity contribution in [2.45, 2.75) is 19.9 Å². The predicted octanol–water partition coefficient (Wildman–Crippen LogP) is 2.15. The van der Waals surface area contributed by atoms with E-state index in [0.29, 0.717) is 31.7 Å². The summed E-state index contributed by atoms with van der Waals surface area (Å²) < 4.78 is 0. The van der Waals surface area contributed by atoms with E-state index in [9.17, 15) is 14.4 Å². The van der Waals surface area contributed by atoms with Gasteiger partial charge in [-0.1, -0.05) is 24.3 Å². The van der Waals surface area contributed by atoms with Crippen LogP contribution in [0.25, 0.3) is 0 Å². The summed E-state index contributed by atoms with van der Waals surface area (Å²) in [5.41, 5.74) is 3.96. The molecule has 0 spiro atoms. The molecule has 2 heterocycles. The van der Waals surface area contributed by atoms with Crippen molar-refractivity contribution in [1.82, 2.24) is 15.5 Å². The second-order valence-electron chi connectivity index (χ2n) is 7.43. The molecule has 4 rings (SSSR count). The Hall–Kier alpha value is -3.35. The van der Waals surface area contributed by atoms with Crippen LogP contribution in [0.4, 0.5) is 10.5 Å². The molecule has 1 atom stereocenters. The Bertz CT molecular complexity index is 988. The smallest absolute Gasteiger partial charge is 0.322 e. The van der Waals surface area contributed by atoms with E-state index in [1.54, 1.807) is 28.0 Å². The van der Waals surface area contributed by atoms with Gasteiger partial charge < -0.3 is 15.5 Å². The number of urea groups is 1. The number of amides is 4. The van der Waals surface area contributed by atoms with E-state index in [-0.39, 0.29) is 17.8 Å². The second-order valence-corrected chi connectivity index (χ2v) is 7.43. The highest BCUT2D eigenvalue weighted by molar-refractivity contribution is 6.00. The van der Waals surface area contributed by atoms with Crippen molar-refractivity contribution >= 4 is 23.5 Å². The highest BCUT2D eigenvalue weighted by Crippen LogP contribution is 2.29. The first-order valence-corrected chi connectivity index (χ1v) is 9.77. The monoisotopic (exact) mass is 392 g/mol. The van der Waals surface area contributed by atoms with Crippen molar-refractivity contribution in [1.29, 1.82) is 0 Å². The zero-order chi connectivity index (χ0) is 20.5. The fraction of sp³-hybridized carbons (Fsp3) is 0.318. The molecule has 150 valence electrons. The van der Waals surface area contributed by atoms with Crippen LogP contribution in [-0.4, -0.2) is 48.9 Å². The van der Waals surface area contributed by atoms with Crippen LogP contribution in [0.5, 0.6) is 0 Å². The SMILES string of the molecule is Cc1ccccc1C1C(=O)NCCN1C(=O)c1ccc(N2CCNC2=O)c(C)c1. The van der Waals surface area contributed by atoms with Crippen molar-refractivity contribution in [2.24, 2.45) is 0 Å². The Morgan fingerprint density at radius 1 is 0.966 bits per heavy atom. The third kappa shape index (κ3) is 3.44. The van der Waals surface area contributed by atoms with Crippen LogP contribution in [0.2, 0.25) is 0 Å². The molecule has 0 aliphatic carbocycles. The van der Waals surface area contributed by atoms with Crippen molar-refractivity contribution in [3.63, 3.8) is 0 Å². The van der Waals surface area contributed by atoms with Crippen LogP contribution in [0.3, 0.4) is 0 Å². The van der Waals surface area contributed by atoms with Crippen LogP contribution >= 0.6 is 0 Å². The van der Waals surface area contributed by atoms with Crippen molar-refractivity contribution < 1.29 is 14.4 Å². The van der Waals surface area contributed by atoms with Gasteiger partial charge in [-0.3, -0.25) is 14.5 Å². The number of rotatable bonds is 3. The highest BCUT2D eigenvalue weighted by Gasteiger charge is 2.35. The van der Waals surface area contributed by atoms with E-state index in [4.69, 9.17) is 0 Å². The summed E-state index contributed by atoms with van der Waals surface area (Å²) >= 11 is 0. The van der Waals surface area contributed by atoms with Crippen LogP contribution < -0.4 is 15.5 Å². The van der Waals surface area contributed by atoms with Crippen LogP contribution in [0.1, 0.15) is 33.1 Å². The van der Waals surface area contributed by atoms with Crippen molar-refractivity contribution in [3.8, 4) is 0 Å². The lowest BCUT2D eigenvalue weighted by molar-refractivity contribution is -0.128. The molecule has 2 fully saturated rings. The number of aryl methyl sites for hydroxylation is 2. The average molecular weight is 392 g/mol. The maximum Gasteiger partial charge on any atom is 0.322 e. The maximum atomic E-state index is 13.3. The number of hydrogen-bond donors (Lipinski definition) is 2. The van der Waals surface area contributed by atoms with E-state index >= 15 is 0 Å². The lowest BCUT2D eigenvalue weighted by atomic mass is 9.96. The van der Waals surface area contributed by atoms with Gasteiger partial charge in [-0.05, 0) is 48.7 Å². The molecule has 1 unspecified atom stereocenters. The molecule has 7 nitrogen and oxygen atoms in total. The standard InChI is InChI=1S/C22H24N4O3/c1-14-5-3-4-6-17(14)19-20(27)23-9-12-26(19)21(28)16-7-8-18(15(2)13-16)25-11-10-24-22(25)29/h3-8,13,19H,9-12H2,1-2H3,(H,23,27)(H,24,29). The summed E-state index contributed by atoms with van der Waals surface area (Å²) in [4.78, 5) is 41.3. The molecule has 2 aliphatic heterocycles. The summed E-state index contributed by atoms with van der Waals surface area (Å²) in [7, 11) is 0. The Morgan fingerprint density at radius 2 is 1.72 bits per heavy atom. The van der Waals surface area contributed by atoms with Gasteiger partial charge in [0.15, 0.2) is 0 Å². The number of benzene rings is 2. The quantitative estimate of drug-likeness (QED) is 0.840. The van der Waals surface area contributed by atoms with E-state index < -0.39 is 6.04 Å². The number of nitrogens with zero attached hydrogens (tertiary/aromatic N) is 2. The van der Waals surface area contributed by atoms with E-state index in [2.05, 4.69) is 10.6 Å². The molecular weight excluding hydrogens is 368 g/mol. The Morgan fingerprint density at radius 3 is 2.41 bits per heavy atom. The lowest BCUT2D eigenvalue weighted by Crippen LogP contribution is -2.52. The first-order valence-electron chi connectivity index (χ1n) is 9.77. The molecule has 2 N–H and O–H groups in total. The van der Waals surface area contributed by atoms with Gasteiger partial charge in [0.1, 0.15) is 6.04 Å². The third-order valence-electron chi connectivity index (χ3n) is 5.55. The van der Waals surface area contributed by atoms with Gasteiger partial charge in [-0.25, -0.2) is 4.79 Å². The summed E-state index contributed by atoms with van der Waals surface area (Å²) in [6.45, 7) is 5.92. The Balaban J connectivity index is 1.65. The molecule has 0 radical (unpaired) electrons. The molecule has 29 heavy (non-hydrogen) atoms. The molecule has 0 bridgehead atoms. The highest BCUT2D eigenvalue weighted by atomic mass is 16.2. The molecule has 2 saturated heterocycles. The molecular formula is C22H24N4O3. The molecule has 2 aromatic rings. The van der Waals surface area contributed by atoms with Crippen LogP contribution in [0, 0.1) is 13.8 Å². The van der Waals surface area contributed by atoms with E-state index in [0.717, 1.165) is 22.4 Å². The number of carbonyl (C=O) groups excluding carboxylic acids is 3. The third-order valence-corrected chi connectivity index (χ3v) is 5.55. The van der Waals surface area contributed by atoms with Crippen LogP contribution in [-0.2, 0) is 4.79 Å². The lowest BCUT2D eigenvalue weighted by Gasteiger charge is -2.36. The van der Waals surface area contributed by atoms with Gasteiger partial charge in [0, 0.05) is 37.4 Å². The Labute approximate surface area is 169 Å².